The lowest BCUT2D eigenvalue weighted by molar-refractivity contribution is -0.131. The number of rotatable bonds is 10. The molecular weight excluding hydrogens is 470 g/mol. The molecule has 0 aliphatic carbocycles. The van der Waals surface area contributed by atoms with Gasteiger partial charge in [0.05, 0.1) is 12.0 Å². The molecule has 0 atom stereocenters. The normalized spacial score (nSPS) is 10.7. The first-order valence-corrected chi connectivity index (χ1v) is 12.4. The van der Waals surface area contributed by atoms with Gasteiger partial charge >= 0.3 is 5.97 Å². The van der Waals surface area contributed by atoms with E-state index in [1.165, 1.54) is 5.56 Å². The number of amides is 1. The fourth-order valence-corrected chi connectivity index (χ4v) is 4.46. The zero-order valence-corrected chi connectivity index (χ0v) is 20.7. The lowest BCUT2D eigenvalue weighted by Crippen LogP contribution is -2.33. The van der Waals surface area contributed by atoms with E-state index in [0.717, 1.165) is 29.5 Å². The fraction of sp³-hybridized carbons (Fsp3) is 0.161. The van der Waals surface area contributed by atoms with E-state index in [1.807, 2.05) is 77.7 Å². The first-order valence-electron chi connectivity index (χ1n) is 12.0. The number of carbonyl (C=O) groups is 2. The minimum Gasteiger partial charge on any atom is -0.478 e. The van der Waals surface area contributed by atoms with Gasteiger partial charge in [-0.25, -0.2) is 4.79 Å². The number of nitrogens with zero attached hydrogens (tertiary/aromatic N) is 1. The van der Waals surface area contributed by atoms with Crippen molar-refractivity contribution in [2.45, 2.75) is 25.8 Å². The summed E-state index contributed by atoms with van der Waals surface area (Å²) in [6, 6.07) is 32.4. The number of halogens is 1. The SMILES string of the molecule is O=C(O)c1ccccc1-c1ccc(CN(CCCc2ccccc2)C(=O)Cc2ccccc2Cl)cc1. The minimum atomic E-state index is -0.954. The molecular formula is C31H28ClNO3. The van der Waals surface area contributed by atoms with Gasteiger partial charge in [0.25, 0.3) is 0 Å². The highest BCUT2D eigenvalue weighted by molar-refractivity contribution is 6.31. The van der Waals surface area contributed by atoms with Crippen molar-refractivity contribution in [1.29, 1.82) is 0 Å². The van der Waals surface area contributed by atoms with Gasteiger partial charge in [-0.1, -0.05) is 103 Å². The Morgan fingerprint density at radius 2 is 1.42 bits per heavy atom. The smallest absolute Gasteiger partial charge is 0.336 e. The van der Waals surface area contributed by atoms with Crippen molar-refractivity contribution in [3.8, 4) is 11.1 Å². The van der Waals surface area contributed by atoms with Gasteiger partial charge in [0.2, 0.25) is 5.91 Å². The van der Waals surface area contributed by atoms with E-state index in [-0.39, 0.29) is 17.9 Å². The largest absolute Gasteiger partial charge is 0.478 e. The second-order valence-corrected chi connectivity index (χ2v) is 9.13. The molecule has 0 bridgehead atoms. The molecule has 0 fully saturated rings. The number of benzene rings is 4. The number of aryl methyl sites for hydroxylation is 1. The average Bonchev–Trinajstić information content (AvgIpc) is 2.90. The van der Waals surface area contributed by atoms with Crippen molar-refractivity contribution in [1.82, 2.24) is 4.90 Å². The highest BCUT2D eigenvalue weighted by atomic mass is 35.5. The molecule has 4 rings (SSSR count). The first kappa shape index (κ1) is 25.2. The van der Waals surface area contributed by atoms with E-state index in [0.29, 0.717) is 23.7 Å². The molecule has 0 saturated heterocycles. The van der Waals surface area contributed by atoms with E-state index >= 15 is 0 Å². The van der Waals surface area contributed by atoms with Crippen molar-refractivity contribution in [2.24, 2.45) is 0 Å². The second-order valence-electron chi connectivity index (χ2n) is 8.72. The predicted molar refractivity (Wildman–Crippen MR) is 144 cm³/mol. The summed E-state index contributed by atoms with van der Waals surface area (Å²) in [4.78, 5) is 26.8. The van der Waals surface area contributed by atoms with E-state index < -0.39 is 5.97 Å². The Bertz CT molecular complexity index is 1320. The van der Waals surface area contributed by atoms with Gasteiger partial charge in [-0.2, -0.15) is 0 Å². The summed E-state index contributed by atoms with van der Waals surface area (Å²) in [7, 11) is 0. The zero-order valence-electron chi connectivity index (χ0n) is 19.9. The van der Waals surface area contributed by atoms with Crippen LogP contribution in [0.25, 0.3) is 11.1 Å². The molecule has 0 spiro atoms. The number of carboxylic acid groups (broad SMARTS) is 1. The van der Waals surface area contributed by atoms with Crippen LogP contribution in [0.2, 0.25) is 5.02 Å². The second kappa shape index (κ2) is 12.2. The van der Waals surface area contributed by atoms with Crippen LogP contribution < -0.4 is 0 Å². The highest BCUT2D eigenvalue weighted by Crippen LogP contribution is 2.25. The van der Waals surface area contributed by atoms with E-state index in [1.54, 1.807) is 18.2 Å². The van der Waals surface area contributed by atoms with Gasteiger partial charge < -0.3 is 10.0 Å². The third kappa shape index (κ3) is 6.61. The van der Waals surface area contributed by atoms with Crippen LogP contribution in [-0.2, 0) is 24.2 Å². The van der Waals surface area contributed by atoms with E-state index in [2.05, 4.69) is 12.1 Å². The lowest BCUT2D eigenvalue weighted by Gasteiger charge is -2.23. The number of carboxylic acids is 1. The van der Waals surface area contributed by atoms with E-state index in [4.69, 9.17) is 11.6 Å². The van der Waals surface area contributed by atoms with Crippen LogP contribution in [0.1, 0.15) is 33.5 Å². The molecule has 5 heteroatoms. The van der Waals surface area contributed by atoms with E-state index in [9.17, 15) is 14.7 Å². The summed E-state index contributed by atoms with van der Waals surface area (Å²) in [6.45, 7) is 1.10. The van der Waals surface area contributed by atoms with Crippen molar-refractivity contribution >= 4 is 23.5 Å². The average molecular weight is 498 g/mol. The molecule has 4 aromatic rings. The van der Waals surface area contributed by atoms with Crippen molar-refractivity contribution in [3.63, 3.8) is 0 Å². The fourth-order valence-electron chi connectivity index (χ4n) is 4.26. The molecule has 4 aromatic carbocycles. The van der Waals surface area contributed by atoms with Crippen LogP contribution in [0.4, 0.5) is 0 Å². The molecule has 0 saturated carbocycles. The number of hydrogen-bond donors (Lipinski definition) is 1. The van der Waals surface area contributed by atoms with Crippen LogP contribution in [0.15, 0.2) is 103 Å². The minimum absolute atomic E-state index is 0.0245. The Balaban J connectivity index is 1.50. The maximum absolute atomic E-state index is 13.3. The van der Waals surface area contributed by atoms with Crippen LogP contribution in [0.5, 0.6) is 0 Å². The summed E-state index contributed by atoms with van der Waals surface area (Å²) in [5, 5.41) is 10.1. The first-order chi connectivity index (χ1) is 17.5. The van der Waals surface area contributed by atoms with Crippen molar-refractivity contribution < 1.29 is 14.7 Å². The molecule has 1 amide bonds. The molecule has 0 heterocycles. The quantitative estimate of drug-likeness (QED) is 0.259. The highest BCUT2D eigenvalue weighted by Gasteiger charge is 2.17. The zero-order chi connectivity index (χ0) is 25.3. The molecule has 1 N–H and O–H groups in total. The van der Waals surface area contributed by atoms with Crippen LogP contribution in [0.3, 0.4) is 0 Å². The Kier molecular flexibility index (Phi) is 8.53. The maximum atomic E-state index is 13.3. The Hall–Kier alpha value is -3.89. The van der Waals surface area contributed by atoms with Crippen molar-refractivity contribution in [2.75, 3.05) is 6.54 Å². The molecule has 0 aliphatic heterocycles. The molecule has 182 valence electrons. The molecule has 0 radical (unpaired) electrons. The van der Waals surface area contributed by atoms with Gasteiger partial charge in [-0.15, -0.1) is 0 Å². The number of hydrogen-bond acceptors (Lipinski definition) is 2. The van der Waals surface area contributed by atoms with Crippen LogP contribution in [-0.4, -0.2) is 28.4 Å². The van der Waals surface area contributed by atoms with Gasteiger partial charge in [0.1, 0.15) is 0 Å². The molecule has 36 heavy (non-hydrogen) atoms. The molecule has 0 aromatic heterocycles. The number of aromatic carboxylic acids is 1. The van der Waals surface area contributed by atoms with Crippen LogP contribution >= 0.6 is 11.6 Å². The van der Waals surface area contributed by atoms with Crippen molar-refractivity contribution in [3.05, 3.63) is 130 Å². The van der Waals surface area contributed by atoms with Gasteiger partial charge in [0, 0.05) is 18.1 Å². The summed E-state index contributed by atoms with van der Waals surface area (Å²) in [6.07, 6.45) is 1.99. The standard InChI is InChI=1S/C31H28ClNO3/c32-29-15-7-4-12-26(29)21-30(34)33(20-8-11-23-9-2-1-3-10-23)22-24-16-18-25(19-17-24)27-13-5-6-14-28(27)31(35)36/h1-7,9-10,12-19H,8,11,20-22H2,(H,35,36). The monoisotopic (exact) mass is 497 g/mol. The Morgan fingerprint density at radius 1 is 0.750 bits per heavy atom. The van der Waals surface area contributed by atoms with Gasteiger partial charge in [-0.05, 0) is 52.8 Å². The Labute approximate surface area is 216 Å². The summed E-state index contributed by atoms with van der Waals surface area (Å²) >= 11 is 6.32. The maximum Gasteiger partial charge on any atom is 0.336 e. The summed E-state index contributed by atoms with van der Waals surface area (Å²) in [5.74, 6) is -0.930. The third-order valence-corrected chi connectivity index (χ3v) is 6.55. The van der Waals surface area contributed by atoms with Crippen LogP contribution in [0, 0.1) is 0 Å². The van der Waals surface area contributed by atoms with Gasteiger partial charge in [0.15, 0.2) is 0 Å². The predicted octanol–water partition coefficient (Wildman–Crippen LogP) is 6.91. The third-order valence-electron chi connectivity index (χ3n) is 6.18. The molecule has 0 unspecified atom stereocenters. The lowest BCUT2D eigenvalue weighted by atomic mass is 9.98. The Morgan fingerprint density at radius 3 is 2.14 bits per heavy atom. The van der Waals surface area contributed by atoms with Gasteiger partial charge in [-0.3, -0.25) is 4.79 Å². The molecule has 0 aliphatic rings. The number of carbonyl (C=O) groups excluding carboxylic acids is 1. The summed E-state index contributed by atoms with van der Waals surface area (Å²) < 4.78 is 0. The summed E-state index contributed by atoms with van der Waals surface area (Å²) in [5.41, 5.74) is 4.82. The molecule has 4 nitrogen and oxygen atoms in total. The topological polar surface area (TPSA) is 57.6 Å².